The van der Waals surface area contributed by atoms with Crippen molar-refractivity contribution >= 4 is 28.4 Å². The summed E-state index contributed by atoms with van der Waals surface area (Å²) < 4.78 is 0. The van der Waals surface area contributed by atoms with Gasteiger partial charge < -0.3 is 10.3 Å². The molecule has 3 aromatic rings. The molecule has 0 spiro atoms. The van der Waals surface area contributed by atoms with Crippen LogP contribution in [0.2, 0.25) is 5.02 Å². The van der Waals surface area contributed by atoms with Gasteiger partial charge in [0.25, 0.3) is 5.91 Å². The number of benzene rings is 2. The molecule has 0 saturated heterocycles. The van der Waals surface area contributed by atoms with Crippen molar-refractivity contribution in [1.29, 1.82) is 0 Å². The molecule has 0 aliphatic rings. The van der Waals surface area contributed by atoms with Crippen molar-refractivity contribution in [1.82, 2.24) is 10.3 Å². The number of amides is 1. The molecule has 0 bridgehead atoms. The first kappa shape index (κ1) is 13.7. The first-order valence-electron chi connectivity index (χ1n) is 6.78. The number of rotatable bonds is 3. The third kappa shape index (κ3) is 2.65. The average Bonchev–Trinajstić information content (AvgIpc) is 2.95. The topological polar surface area (TPSA) is 44.9 Å². The number of para-hydroxylation sites is 1. The van der Waals surface area contributed by atoms with E-state index in [1.165, 1.54) is 0 Å². The Morgan fingerprint density at radius 1 is 1.14 bits per heavy atom. The van der Waals surface area contributed by atoms with Crippen molar-refractivity contribution in [2.75, 3.05) is 0 Å². The number of aromatic nitrogens is 1. The molecular formula is C17H15ClN2O. The number of halogens is 1. The Bertz CT molecular complexity index is 794. The van der Waals surface area contributed by atoms with Gasteiger partial charge >= 0.3 is 0 Å². The second-order valence-electron chi connectivity index (χ2n) is 4.96. The van der Waals surface area contributed by atoms with Crippen LogP contribution in [0.5, 0.6) is 0 Å². The zero-order chi connectivity index (χ0) is 14.8. The number of carbonyl (C=O) groups is 1. The number of nitrogens with one attached hydrogen (secondary N) is 2. The Labute approximate surface area is 127 Å². The summed E-state index contributed by atoms with van der Waals surface area (Å²) >= 11 is 6.17. The molecule has 1 atom stereocenters. The highest BCUT2D eigenvalue weighted by molar-refractivity contribution is 6.31. The highest BCUT2D eigenvalue weighted by Crippen LogP contribution is 2.23. The van der Waals surface area contributed by atoms with Gasteiger partial charge in [-0.1, -0.05) is 41.9 Å². The predicted molar refractivity (Wildman–Crippen MR) is 85.6 cm³/mol. The number of H-pyrrole nitrogens is 1. The molecule has 0 fully saturated rings. The SMILES string of the molecule is CC(NC(=O)c1cccc2cc[nH]c12)c1ccccc1Cl. The fraction of sp³-hybridized carbons (Fsp3) is 0.118. The summed E-state index contributed by atoms with van der Waals surface area (Å²) in [5.41, 5.74) is 2.39. The van der Waals surface area contributed by atoms with Gasteiger partial charge in [0.1, 0.15) is 0 Å². The molecule has 4 heteroatoms. The fourth-order valence-electron chi connectivity index (χ4n) is 2.45. The second kappa shape index (κ2) is 5.62. The lowest BCUT2D eigenvalue weighted by atomic mass is 10.1. The first-order valence-corrected chi connectivity index (χ1v) is 7.16. The van der Waals surface area contributed by atoms with E-state index in [2.05, 4.69) is 10.3 Å². The summed E-state index contributed by atoms with van der Waals surface area (Å²) in [6.45, 7) is 1.92. The van der Waals surface area contributed by atoms with Crippen LogP contribution in [0.4, 0.5) is 0 Å². The van der Waals surface area contributed by atoms with Gasteiger partial charge in [0.15, 0.2) is 0 Å². The molecule has 0 aliphatic heterocycles. The largest absolute Gasteiger partial charge is 0.361 e. The van der Waals surface area contributed by atoms with E-state index in [1.807, 2.05) is 61.7 Å². The van der Waals surface area contributed by atoms with Crippen LogP contribution < -0.4 is 5.32 Å². The van der Waals surface area contributed by atoms with Crippen LogP contribution in [0.25, 0.3) is 10.9 Å². The Morgan fingerprint density at radius 3 is 2.76 bits per heavy atom. The Hall–Kier alpha value is -2.26. The lowest BCUT2D eigenvalue weighted by Crippen LogP contribution is -2.27. The minimum Gasteiger partial charge on any atom is -0.361 e. The molecule has 1 heterocycles. The quantitative estimate of drug-likeness (QED) is 0.743. The fourth-order valence-corrected chi connectivity index (χ4v) is 2.75. The molecule has 1 amide bonds. The van der Waals surface area contributed by atoms with E-state index in [-0.39, 0.29) is 11.9 Å². The first-order chi connectivity index (χ1) is 10.2. The molecule has 106 valence electrons. The van der Waals surface area contributed by atoms with Gasteiger partial charge in [-0.25, -0.2) is 0 Å². The van der Waals surface area contributed by atoms with Crippen LogP contribution >= 0.6 is 11.6 Å². The summed E-state index contributed by atoms with van der Waals surface area (Å²) in [5, 5.41) is 4.67. The second-order valence-corrected chi connectivity index (χ2v) is 5.37. The smallest absolute Gasteiger partial charge is 0.253 e. The summed E-state index contributed by atoms with van der Waals surface area (Å²) in [6.07, 6.45) is 1.83. The molecule has 0 saturated carbocycles. The van der Waals surface area contributed by atoms with Crippen molar-refractivity contribution in [3.05, 3.63) is 70.9 Å². The van der Waals surface area contributed by atoms with E-state index in [9.17, 15) is 4.79 Å². The Kier molecular flexibility index (Phi) is 3.67. The molecule has 0 radical (unpaired) electrons. The van der Waals surface area contributed by atoms with Gasteiger partial charge in [0.05, 0.1) is 17.1 Å². The van der Waals surface area contributed by atoms with Crippen molar-refractivity contribution in [2.24, 2.45) is 0 Å². The van der Waals surface area contributed by atoms with Crippen molar-refractivity contribution in [2.45, 2.75) is 13.0 Å². The van der Waals surface area contributed by atoms with Crippen LogP contribution in [0.15, 0.2) is 54.7 Å². The highest BCUT2D eigenvalue weighted by atomic mass is 35.5. The maximum absolute atomic E-state index is 12.5. The van der Waals surface area contributed by atoms with Gasteiger partial charge in [-0.05, 0) is 30.7 Å². The summed E-state index contributed by atoms with van der Waals surface area (Å²) in [5.74, 6) is -0.115. The van der Waals surface area contributed by atoms with E-state index in [0.29, 0.717) is 10.6 Å². The van der Waals surface area contributed by atoms with Gasteiger partial charge in [-0.15, -0.1) is 0 Å². The molecule has 0 aliphatic carbocycles. The lowest BCUT2D eigenvalue weighted by Gasteiger charge is -2.16. The highest BCUT2D eigenvalue weighted by Gasteiger charge is 2.15. The minimum absolute atomic E-state index is 0.115. The molecule has 2 N–H and O–H groups in total. The lowest BCUT2D eigenvalue weighted by molar-refractivity contribution is 0.0941. The van der Waals surface area contributed by atoms with E-state index < -0.39 is 0 Å². The molecule has 1 unspecified atom stereocenters. The molecule has 2 aromatic carbocycles. The van der Waals surface area contributed by atoms with Crippen LogP contribution in [0.3, 0.4) is 0 Å². The number of hydrogen-bond donors (Lipinski definition) is 2. The molecule has 1 aromatic heterocycles. The van der Waals surface area contributed by atoms with Crippen molar-refractivity contribution in [3.8, 4) is 0 Å². The summed E-state index contributed by atoms with van der Waals surface area (Å²) in [6, 6.07) is 15.0. The zero-order valence-electron chi connectivity index (χ0n) is 11.6. The zero-order valence-corrected chi connectivity index (χ0v) is 12.3. The monoisotopic (exact) mass is 298 g/mol. The number of aromatic amines is 1. The van der Waals surface area contributed by atoms with Gasteiger partial charge in [-0.2, -0.15) is 0 Å². The molecule has 3 rings (SSSR count). The van der Waals surface area contributed by atoms with Gasteiger partial charge in [0.2, 0.25) is 0 Å². The van der Waals surface area contributed by atoms with Gasteiger partial charge in [-0.3, -0.25) is 4.79 Å². The maximum Gasteiger partial charge on any atom is 0.253 e. The molecule has 21 heavy (non-hydrogen) atoms. The van der Waals surface area contributed by atoms with Crippen LogP contribution in [-0.4, -0.2) is 10.9 Å². The summed E-state index contributed by atoms with van der Waals surface area (Å²) in [4.78, 5) is 15.6. The van der Waals surface area contributed by atoms with E-state index in [1.54, 1.807) is 0 Å². The average molecular weight is 299 g/mol. The standard InChI is InChI=1S/C17H15ClN2O/c1-11(13-6-2-3-8-15(13)18)20-17(21)14-7-4-5-12-9-10-19-16(12)14/h2-11,19H,1H3,(H,20,21). The van der Waals surface area contributed by atoms with Gasteiger partial charge in [0, 0.05) is 16.6 Å². The summed E-state index contributed by atoms with van der Waals surface area (Å²) in [7, 11) is 0. The molecule has 3 nitrogen and oxygen atoms in total. The minimum atomic E-state index is -0.156. The normalized spacial score (nSPS) is 12.3. The van der Waals surface area contributed by atoms with E-state index >= 15 is 0 Å². The van der Waals surface area contributed by atoms with E-state index in [0.717, 1.165) is 16.5 Å². The van der Waals surface area contributed by atoms with Crippen molar-refractivity contribution < 1.29 is 4.79 Å². The van der Waals surface area contributed by atoms with Crippen LogP contribution in [0.1, 0.15) is 28.9 Å². The maximum atomic E-state index is 12.5. The van der Waals surface area contributed by atoms with Crippen LogP contribution in [0, 0.1) is 0 Å². The number of carbonyl (C=O) groups excluding carboxylic acids is 1. The van der Waals surface area contributed by atoms with E-state index in [4.69, 9.17) is 11.6 Å². The number of hydrogen-bond acceptors (Lipinski definition) is 1. The Morgan fingerprint density at radius 2 is 1.95 bits per heavy atom. The van der Waals surface area contributed by atoms with Crippen molar-refractivity contribution in [3.63, 3.8) is 0 Å². The third-order valence-corrected chi connectivity index (χ3v) is 3.90. The third-order valence-electron chi connectivity index (χ3n) is 3.55. The Balaban J connectivity index is 1.87. The molecular weight excluding hydrogens is 284 g/mol. The predicted octanol–water partition coefficient (Wildman–Crippen LogP) is 4.31. The number of fused-ring (bicyclic) bond motifs is 1. The van der Waals surface area contributed by atoms with Crippen LogP contribution in [-0.2, 0) is 0 Å².